The highest BCUT2D eigenvalue weighted by Gasteiger charge is 2.07. The zero-order valence-electron chi connectivity index (χ0n) is 12.4. The average Bonchev–Trinajstić information content (AvgIpc) is 2.41. The van der Waals surface area contributed by atoms with Crippen molar-refractivity contribution in [1.29, 1.82) is 0 Å². The van der Waals surface area contributed by atoms with Gasteiger partial charge in [0.05, 0.1) is 25.9 Å². The number of hydrogen-bond acceptors (Lipinski definition) is 4. The molecule has 0 heterocycles. The maximum atomic E-state index is 7.62. The van der Waals surface area contributed by atoms with Gasteiger partial charge in [0.25, 0.3) is 0 Å². The molecule has 4 nitrogen and oxygen atoms in total. The van der Waals surface area contributed by atoms with Gasteiger partial charge in [-0.1, -0.05) is 32.6 Å². The van der Waals surface area contributed by atoms with Gasteiger partial charge in [-0.05, 0) is 20.3 Å². The molecular formula is C14H32O4. The number of ether oxygens (including phenoxy) is 2. The van der Waals surface area contributed by atoms with Crippen LogP contribution in [0.25, 0.3) is 0 Å². The molecule has 0 saturated carbocycles. The largest absolute Gasteiger partial charge is 0.394 e. The molecule has 2 N–H and O–H groups in total. The van der Waals surface area contributed by atoms with Crippen LogP contribution < -0.4 is 0 Å². The van der Waals surface area contributed by atoms with E-state index in [-0.39, 0.29) is 13.2 Å². The van der Waals surface area contributed by atoms with Crippen molar-refractivity contribution in [3.8, 4) is 0 Å². The molecule has 0 amide bonds. The molecule has 0 aromatic heterocycles. The van der Waals surface area contributed by atoms with Crippen LogP contribution in [0.4, 0.5) is 0 Å². The van der Waals surface area contributed by atoms with E-state index in [0.717, 1.165) is 26.2 Å². The minimum atomic E-state index is -0.125. The van der Waals surface area contributed by atoms with Gasteiger partial charge in [-0.15, -0.1) is 0 Å². The Hall–Kier alpha value is -0.160. The minimum absolute atomic E-state index is 0.125. The molecule has 0 spiro atoms. The SMILES string of the molecule is CCCCCCC(COCC)OCC.OCCO. The van der Waals surface area contributed by atoms with E-state index >= 15 is 0 Å². The summed E-state index contributed by atoms with van der Waals surface area (Å²) in [6.45, 7) is 8.41. The Labute approximate surface area is 112 Å². The lowest BCUT2D eigenvalue weighted by molar-refractivity contribution is -0.0135. The van der Waals surface area contributed by atoms with Crippen molar-refractivity contribution in [3.63, 3.8) is 0 Å². The van der Waals surface area contributed by atoms with Crippen molar-refractivity contribution in [2.75, 3.05) is 33.0 Å². The quantitative estimate of drug-likeness (QED) is 0.562. The third kappa shape index (κ3) is 18.2. The predicted octanol–water partition coefficient (Wildman–Crippen LogP) is 2.37. The molecule has 0 aromatic carbocycles. The van der Waals surface area contributed by atoms with Crippen molar-refractivity contribution >= 4 is 0 Å². The van der Waals surface area contributed by atoms with Gasteiger partial charge in [0, 0.05) is 13.2 Å². The summed E-state index contributed by atoms with van der Waals surface area (Å²) >= 11 is 0. The second kappa shape index (κ2) is 19.2. The van der Waals surface area contributed by atoms with E-state index in [2.05, 4.69) is 6.92 Å². The van der Waals surface area contributed by atoms with Crippen LogP contribution in [0.5, 0.6) is 0 Å². The Kier molecular flexibility index (Phi) is 21.5. The summed E-state index contributed by atoms with van der Waals surface area (Å²) in [5.41, 5.74) is 0. The monoisotopic (exact) mass is 264 g/mol. The Morgan fingerprint density at radius 1 is 0.889 bits per heavy atom. The fraction of sp³-hybridized carbons (Fsp3) is 1.00. The highest BCUT2D eigenvalue weighted by Crippen LogP contribution is 2.08. The second-order valence-corrected chi connectivity index (χ2v) is 4.03. The molecule has 0 rings (SSSR count). The first-order valence-electron chi connectivity index (χ1n) is 7.17. The first-order valence-corrected chi connectivity index (χ1v) is 7.17. The molecule has 1 unspecified atom stereocenters. The van der Waals surface area contributed by atoms with Gasteiger partial charge in [-0.25, -0.2) is 0 Å². The number of aliphatic hydroxyl groups is 2. The van der Waals surface area contributed by atoms with Crippen LogP contribution >= 0.6 is 0 Å². The molecule has 0 aliphatic heterocycles. The maximum absolute atomic E-state index is 7.62. The Bertz CT molecular complexity index is 129. The van der Waals surface area contributed by atoms with Crippen LogP contribution in [-0.4, -0.2) is 49.4 Å². The number of unbranched alkanes of at least 4 members (excludes halogenated alkanes) is 3. The van der Waals surface area contributed by atoms with Crippen LogP contribution in [0.3, 0.4) is 0 Å². The third-order valence-corrected chi connectivity index (χ3v) is 2.39. The first-order chi connectivity index (χ1) is 8.76. The van der Waals surface area contributed by atoms with E-state index in [1.807, 2.05) is 13.8 Å². The van der Waals surface area contributed by atoms with E-state index in [1.54, 1.807) is 0 Å². The van der Waals surface area contributed by atoms with E-state index in [4.69, 9.17) is 19.7 Å². The van der Waals surface area contributed by atoms with Crippen LogP contribution in [0.2, 0.25) is 0 Å². The smallest absolute Gasteiger partial charge is 0.0808 e. The van der Waals surface area contributed by atoms with Crippen molar-refractivity contribution in [2.45, 2.75) is 59.0 Å². The molecule has 0 radical (unpaired) electrons. The molecule has 4 heteroatoms. The maximum Gasteiger partial charge on any atom is 0.0808 e. The second-order valence-electron chi connectivity index (χ2n) is 4.03. The van der Waals surface area contributed by atoms with E-state index < -0.39 is 0 Å². The average molecular weight is 264 g/mol. The molecule has 18 heavy (non-hydrogen) atoms. The summed E-state index contributed by atoms with van der Waals surface area (Å²) in [4.78, 5) is 0. The Balaban J connectivity index is 0. The molecule has 0 aromatic rings. The first kappa shape index (κ1) is 20.2. The van der Waals surface area contributed by atoms with E-state index in [9.17, 15) is 0 Å². The summed E-state index contributed by atoms with van der Waals surface area (Å²) in [6, 6.07) is 0. The van der Waals surface area contributed by atoms with Crippen molar-refractivity contribution < 1.29 is 19.7 Å². The molecule has 0 fully saturated rings. The van der Waals surface area contributed by atoms with Crippen LogP contribution in [0.1, 0.15) is 52.9 Å². The van der Waals surface area contributed by atoms with Crippen LogP contribution in [0.15, 0.2) is 0 Å². The van der Waals surface area contributed by atoms with Gasteiger partial charge in [0.1, 0.15) is 0 Å². The van der Waals surface area contributed by atoms with E-state index in [1.165, 1.54) is 25.7 Å². The Morgan fingerprint density at radius 3 is 2.00 bits per heavy atom. The number of rotatable bonds is 11. The molecular weight excluding hydrogens is 232 g/mol. The topological polar surface area (TPSA) is 58.9 Å². The van der Waals surface area contributed by atoms with Crippen molar-refractivity contribution in [1.82, 2.24) is 0 Å². The molecule has 0 saturated heterocycles. The fourth-order valence-corrected chi connectivity index (χ4v) is 1.50. The summed E-state index contributed by atoms with van der Waals surface area (Å²) < 4.78 is 11.0. The number of hydrogen-bond donors (Lipinski definition) is 2. The summed E-state index contributed by atoms with van der Waals surface area (Å²) in [5, 5.41) is 15.2. The summed E-state index contributed by atoms with van der Waals surface area (Å²) in [5.74, 6) is 0. The zero-order valence-corrected chi connectivity index (χ0v) is 12.4. The fourth-order valence-electron chi connectivity index (χ4n) is 1.50. The van der Waals surface area contributed by atoms with Crippen LogP contribution in [0, 0.1) is 0 Å². The lowest BCUT2D eigenvalue weighted by atomic mass is 10.1. The molecule has 1 atom stereocenters. The van der Waals surface area contributed by atoms with E-state index in [0.29, 0.717) is 6.10 Å². The minimum Gasteiger partial charge on any atom is -0.394 e. The molecule has 112 valence electrons. The lowest BCUT2D eigenvalue weighted by Crippen LogP contribution is -2.19. The van der Waals surface area contributed by atoms with Gasteiger partial charge in [0.2, 0.25) is 0 Å². The van der Waals surface area contributed by atoms with Gasteiger partial charge >= 0.3 is 0 Å². The lowest BCUT2D eigenvalue weighted by Gasteiger charge is -2.16. The van der Waals surface area contributed by atoms with Crippen LogP contribution in [-0.2, 0) is 9.47 Å². The highest BCUT2D eigenvalue weighted by molar-refractivity contribution is 4.57. The molecule has 0 aliphatic rings. The van der Waals surface area contributed by atoms with Crippen molar-refractivity contribution in [2.24, 2.45) is 0 Å². The number of aliphatic hydroxyl groups excluding tert-OH is 2. The summed E-state index contributed by atoms with van der Waals surface area (Å²) in [6.07, 6.45) is 6.70. The van der Waals surface area contributed by atoms with Gasteiger partial charge in [0.15, 0.2) is 0 Å². The normalized spacial score (nSPS) is 11.8. The molecule has 0 aliphatic carbocycles. The van der Waals surface area contributed by atoms with Crippen molar-refractivity contribution in [3.05, 3.63) is 0 Å². The summed E-state index contributed by atoms with van der Waals surface area (Å²) in [7, 11) is 0. The van der Waals surface area contributed by atoms with Gasteiger partial charge < -0.3 is 19.7 Å². The highest BCUT2D eigenvalue weighted by atomic mass is 16.5. The van der Waals surface area contributed by atoms with Gasteiger partial charge in [-0.3, -0.25) is 0 Å². The zero-order chi connectivity index (χ0) is 14.1. The third-order valence-electron chi connectivity index (χ3n) is 2.39. The Morgan fingerprint density at radius 2 is 1.56 bits per heavy atom. The molecule has 0 bridgehead atoms. The predicted molar refractivity (Wildman–Crippen MR) is 74.8 cm³/mol. The standard InChI is InChI=1S/C12H26O2.C2H6O2/c1-4-7-8-9-10-12(14-6-3)11-13-5-2;3-1-2-4/h12H,4-11H2,1-3H3;3-4H,1-2H2. The van der Waals surface area contributed by atoms with Gasteiger partial charge in [-0.2, -0.15) is 0 Å².